The Bertz CT molecular complexity index is 294. The molecule has 1 heterocycles. The number of hydrogen-bond acceptors (Lipinski definition) is 6. The lowest BCUT2D eigenvalue weighted by Crippen LogP contribution is -2.56. The van der Waals surface area contributed by atoms with E-state index in [0.717, 1.165) is 39.6 Å². The molecule has 0 aromatic carbocycles. The van der Waals surface area contributed by atoms with Gasteiger partial charge in [0.15, 0.2) is 0 Å². The lowest BCUT2D eigenvalue weighted by Gasteiger charge is -2.42. The molecule has 1 fully saturated rings. The van der Waals surface area contributed by atoms with Gasteiger partial charge < -0.3 is 14.2 Å². The summed E-state index contributed by atoms with van der Waals surface area (Å²) in [4.78, 5) is 7.15. The van der Waals surface area contributed by atoms with Crippen molar-refractivity contribution in [3.63, 3.8) is 0 Å². The van der Waals surface area contributed by atoms with Crippen LogP contribution in [0.5, 0.6) is 0 Å². The zero-order valence-corrected chi connectivity index (χ0v) is 14.9. The fourth-order valence-corrected chi connectivity index (χ4v) is 2.49. The van der Waals surface area contributed by atoms with E-state index in [9.17, 15) is 0 Å². The number of ether oxygens (including phenoxy) is 3. The monoisotopic (exact) mass is 339 g/mol. The maximum Gasteiger partial charge on any atom is 0.0645 e. The third-order valence-electron chi connectivity index (χ3n) is 3.56. The molecular formula is C18H33N3O3. The summed E-state index contributed by atoms with van der Waals surface area (Å²) >= 11 is 0. The van der Waals surface area contributed by atoms with E-state index < -0.39 is 0 Å². The summed E-state index contributed by atoms with van der Waals surface area (Å²) in [7, 11) is 0. The predicted molar refractivity (Wildman–Crippen MR) is 97.8 cm³/mol. The molecule has 1 saturated heterocycles. The van der Waals surface area contributed by atoms with Gasteiger partial charge in [0.05, 0.1) is 59.6 Å². The fraction of sp³-hybridized carbons (Fsp3) is 0.667. The molecule has 138 valence electrons. The molecule has 0 N–H and O–H groups in total. The SMILES string of the molecule is C=CCOCCN1CN(CCOCC=C)CN(CCOCC=C)C1. The topological polar surface area (TPSA) is 37.4 Å². The van der Waals surface area contributed by atoms with E-state index in [2.05, 4.69) is 34.4 Å². The molecule has 1 rings (SSSR count). The zero-order chi connectivity index (χ0) is 17.5. The van der Waals surface area contributed by atoms with Crippen LogP contribution in [-0.4, -0.2) is 94.0 Å². The van der Waals surface area contributed by atoms with E-state index in [1.165, 1.54) is 0 Å². The first-order valence-electron chi connectivity index (χ1n) is 8.53. The van der Waals surface area contributed by atoms with Crippen molar-refractivity contribution in [1.29, 1.82) is 0 Å². The molecule has 0 bridgehead atoms. The van der Waals surface area contributed by atoms with Gasteiger partial charge in [-0.2, -0.15) is 0 Å². The van der Waals surface area contributed by atoms with E-state index in [4.69, 9.17) is 14.2 Å². The van der Waals surface area contributed by atoms with Crippen molar-refractivity contribution in [3.8, 4) is 0 Å². The first kappa shape index (κ1) is 21.0. The summed E-state index contributed by atoms with van der Waals surface area (Å²) in [6.45, 7) is 20.5. The third kappa shape index (κ3) is 9.97. The van der Waals surface area contributed by atoms with Crippen LogP contribution in [0.15, 0.2) is 38.0 Å². The Morgan fingerprint density at radius 2 is 0.875 bits per heavy atom. The van der Waals surface area contributed by atoms with Gasteiger partial charge in [0, 0.05) is 19.6 Å². The van der Waals surface area contributed by atoms with Crippen LogP contribution in [0.25, 0.3) is 0 Å². The Hall–Kier alpha value is -1.02. The highest BCUT2D eigenvalue weighted by molar-refractivity contribution is 4.71. The first-order valence-corrected chi connectivity index (χ1v) is 8.53. The van der Waals surface area contributed by atoms with Gasteiger partial charge in [-0.1, -0.05) is 18.2 Å². The minimum absolute atomic E-state index is 0.603. The van der Waals surface area contributed by atoms with Crippen molar-refractivity contribution in [1.82, 2.24) is 14.7 Å². The average molecular weight is 339 g/mol. The van der Waals surface area contributed by atoms with E-state index in [0.29, 0.717) is 39.6 Å². The van der Waals surface area contributed by atoms with E-state index in [1.54, 1.807) is 18.2 Å². The van der Waals surface area contributed by atoms with Crippen molar-refractivity contribution in [2.75, 3.05) is 79.3 Å². The maximum atomic E-state index is 5.51. The average Bonchev–Trinajstić information content (AvgIpc) is 2.59. The second-order valence-electron chi connectivity index (χ2n) is 5.70. The molecule has 0 unspecified atom stereocenters. The highest BCUT2D eigenvalue weighted by Gasteiger charge is 2.22. The number of hydrogen-bond donors (Lipinski definition) is 0. The van der Waals surface area contributed by atoms with Crippen LogP contribution < -0.4 is 0 Å². The van der Waals surface area contributed by atoms with Gasteiger partial charge >= 0.3 is 0 Å². The highest BCUT2D eigenvalue weighted by atomic mass is 16.5. The van der Waals surface area contributed by atoms with Crippen molar-refractivity contribution in [2.24, 2.45) is 0 Å². The van der Waals surface area contributed by atoms with Crippen LogP contribution in [0.1, 0.15) is 0 Å². The van der Waals surface area contributed by atoms with Crippen LogP contribution in [0, 0.1) is 0 Å². The molecule has 0 aromatic rings. The Morgan fingerprint density at radius 1 is 0.583 bits per heavy atom. The summed E-state index contributed by atoms with van der Waals surface area (Å²) in [6.07, 6.45) is 5.34. The van der Waals surface area contributed by atoms with Gasteiger partial charge in [0.2, 0.25) is 0 Å². The van der Waals surface area contributed by atoms with Gasteiger partial charge in [-0.3, -0.25) is 14.7 Å². The molecule has 0 radical (unpaired) electrons. The van der Waals surface area contributed by atoms with Crippen LogP contribution >= 0.6 is 0 Å². The number of nitrogens with zero attached hydrogens (tertiary/aromatic N) is 3. The van der Waals surface area contributed by atoms with Gasteiger partial charge in [0.25, 0.3) is 0 Å². The molecular weight excluding hydrogens is 306 g/mol. The normalized spacial score (nSPS) is 17.0. The summed E-state index contributed by atoms with van der Waals surface area (Å²) < 4.78 is 16.5. The van der Waals surface area contributed by atoms with Crippen molar-refractivity contribution >= 4 is 0 Å². The van der Waals surface area contributed by atoms with Crippen LogP contribution in [0.4, 0.5) is 0 Å². The van der Waals surface area contributed by atoms with Crippen LogP contribution in [0.3, 0.4) is 0 Å². The Morgan fingerprint density at radius 3 is 1.12 bits per heavy atom. The highest BCUT2D eigenvalue weighted by Crippen LogP contribution is 2.07. The van der Waals surface area contributed by atoms with Crippen LogP contribution in [0.2, 0.25) is 0 Å². The van der Waals surface area contributed by atoms with Gasteiger partial charge in [-0.25, -0.2) is 0 Å². The molecule has 0 atom stereocenters. The van der Waals surface area contributed by atoms with Crippen molar-refractivity contribution in [3.05, 3.63) is 38.0 Å². The quantitative estimate of drug-likeness (QED) is 0.332. The second kappa shape index (κ2) is 14.3. The lowest BCUT2D eigenvalue weighted by molar-refractivity contribution is -0.0544. The molecule has 1 aliphatic rings. The Kier molecular flexibility index (Phi) is 12.6. The summed E-state index contributed by atoms with van der Waals surface area (Å²) in [6, 6.07) is 0. The molecule has 0 amide bonds. The Labute approximate surface area is 146 Å². The van der Waals surface area contributed by atoms with Crippen LogP contribution in [-0.2, 0) is 14.2 Å². The van der Waals surface area contributed by atoms with Gasteiger partial charge in [-0.15, -0.1) is 19.7 Å². The minimum Gasteiger partial charge on any atom is -0.376 e. The first-order chi connectivity index (χ1) is 11.8. The summed E-state index contributed by atoms with van der Waals surface area (Å²) in [5.74, 6) is 0. The van der Waals surface area contributed by atoms with Crippen molar-refractivity contribution < 1.29 is 14.2 Å². The second-order valence-corrected chi connectivity index (χ2v) is 5.70. The lowest BCUT2D eigenvalue weighted by atomic mass is 10.4. The largest absolute Gasteiger partial charge is 0.376 e. The summed E-state index contributed by atoms with van der Waals surface area (Å²) in [5, 5.41) is 0. The zero-order valence-electron chi connectivity index (χ0n) is 14.9. The Balaban J connectivity index is 2.36. The van der Waals surface area contributed by atoms with E-state index >= 15 is 0 Å². The van der Waals surface area contributed by atoms with E-state index in [-0.39, 0.29) is 0 Å². The minimum atomic E-state index is 0.603. The van der Waals surface area contributed by atoms with Gasteiger partial charge in [-0.05, 0) is 0 Å². The molecule has 24 heavy (non-hydrogen) atoms. The number of rotatable bonds is 15. The predicted octanol–water partition coefficient (Wildman–Crippen LogP) is 1.39. The molecule has 0 spiro atoms. The molecule has 0 aliphatic carbocycles. The molecule has 0 saturated carbocycles. The maximum absolute atomic E-state index is 5.51. The molecule has 0 aromatic heterocycles. The molecule has 6 heteroatoms. The fourth-order valence-electron chi connectivity index (χ4n) is 2.49. The third-order valence-corrected chi connectivity index (χ3v) is 3.56. The molecule has 1 aliphatic heterocycles. The smallest absolute Gasteiger partial charge is 0.0645 e. The van der Waals surface area contributed by atoms with E-state index in [1.807, 2.05) is 0 Å². The van der Waals surface area contributed by atoms with Crippen molar-refractivity contribution in [2.45, 2.75) is 0 Å². The standard InChI is InChI=1S/C18H33N3O3/c1-4-10-22-13-7-19-16-20(8-14-23-11-5-2)18-21(17-19)9-15-24-12-6-3/h4-6H,1-3,7-18H2. The molecule has 6 nitrogen and oxygen atoms in total. The summed E-state index contributed by atoms with van der Waals surface area (Å²) in [5.41, 5.74) is 0. The van der Waals surface area contributed by atoms with Gasteiger partial charge in [0.1, 0.15) is 0 Å².